The summed E-state index contributed by atoms with van der Waals surface area (Å²) in [5, 5.41) is 0. The minimum Gasteiger partial charge on any atom is -0.262 e. The average Bonchev–Trinajstić information content (AvgIpc) is 2.18. The van der Waals surface area contributed by atoms with Gasteiger partial charge in [-0.1, -0.05) is 29.8 Å². The molecule has 0 bridgehead atoms. The molecule has 0 spiro atoms. The lowest BCUT2D eigenvalue weighted by Gasteiger charge is -2.03. The van der Waals surface area contributed by atoms with Crippen LogP contribution in [0, 0.1) is 6.92 Å². The van der Waals surface area contributed by atoms with E-state index in [2.05, 4.69) is 0 Å². The number of benzene rings is 1. The van der Waals surface area contributed by atoms with E-state index in [0.29, 0.717) is 0 Å². The molecule has 0 fully saturated rings. The van der Waals surface area contributed by atoms with Gasteiger partial charge in [-0.2, -0.15) is 8.42 Å². The Morgan fingerprint density at radius 3 is 2.40 bits per heavy atom. The Balaban J connectivity index is 2.82. The summed E-state index contributed by atoms with van der Waals surface area (Å²) in [6, 6.07) is 6.57. The zero-order valence-corrected chi connectivity index (χ0v) is 9.62. The van der Waals surface area contributed by atoms with E-state index in [9.17, 15) is 8.42 Å². The molecule has 0 aliphatic rings. The predicted octanol–water partition coefficient (Wildman–Crippen LogP) is 2.28. The third-order valence-corrected chi connectivity index (χ3v) is 3.16. The molecule has 0 amide bonds. The van der Waals surface area contributed by atoms with Crippen LogP contribution in [0.1, 0.15) is 12.5 Å². The van der Waals surface area contributed by atoms with Crippen LogP contribution in [-0.2, 0) is 14.3 Å². The lowest BCUT2D eigenvalue weighted by Crippen LogP contribution is -2.06. The Kier molecular flexibility index (Phi) is 4.05. The monoisotopic (exact) mass is 226 g/mol. The molecule has 0 saturated heterocycles. The van der Waals surface area contributed by atoms with Crippen LogP contribution in [0.15, 0.2) is 41.3 Å². The van der Waals surface area contributed by atoms with Gasteiger partial charge in [0.2, 0.25) is 0 Å². The molecule has 0 saturated carbocycles. The fourth-order valence-electron chi connectivity index (χ4n) is 0.998. The van der Waals surface area contributed by atoms with Crippen molar-refractivity contribution in [3.63, 3.8) is 0 Å². The first-order valence-corrected chi connectivity index (χ1v) is 6.04. The molecule has 0 radical (unpaired) electrons. The van der Waals surface area contributed by atoms with Gasteiger partial charge >= 0.3 is 0 Å². The van der Waals surface area contributed by atoms with Crippen molar-refractivity contribution >= 4 is 10.1 Å². The van der Waals surface area contributed by atoms with Crippen LogP contribution >= 0.6 is 0 Å². The maximum atomic E-state index is 11.6. The second-order valence-electron chi connectivity index (χ2n) is 3.12. The highest BCUT2D eigenvalue weighted by molar-refractivity contribution is 7.86. The van der Waals surface area contributed by atoms with Gasteiger partial charge in [0.1, 0.15) is 0 Å². The third kappa shape index (κ3) is 3.49. The van der Waals surface area contributed by atoms with Gasteiger partial charge in [-0.15, -0.1) is 0 Å². The fourth-order valence-corrected chi connectivity index (χ4v) is 1.86. The molecule has 0 aromatic heterocycles. The molecule has 4 heteroatoms. The summed E-state index contributed by atoms with van der Waals surface area (Å²) in [7, 11) is -3.60. The van der Waals surface area contributed by atoms with Gasteiger partial charge in [-0.25, -0.2) is 0 Å². The molecular formula is C11H14O3S. The number of hydrogen-bond donors (Lipinski definition) is 0. The summed E-state index contributed by atoms with van der Waals surface area (Å²) in [4.78, 5) is 0.192. The van der Waals surface area contributed by atoms with Gasteiger partial charge in [0.25, 0.3) is 10.1 Å². The van der Waals surface area contributed by atoms with E-state index in [4.69, 9.17) is 4.18 Å². The first-order chi connectivity index (χ1) is 7.06. The van der Waals surface area contributed by atoms with Gasteiger partial charge < -0.3 is 0 Å². The number of rotatable bonds is 4. The van der Waals surface area contributed by atoms with E-state index in [-0.39, 0.29) is 11.5 Å². The van der Waals surface area contributed by atoms with E-state index in [1.54, 1.807) is 36.4 Å². The van der Waals surface area contributed by atoms with Crippen LogP contribution in [0.5, 0.6) is 0 Å². The summed E-state index contributed by atoms with van der Waals surface area (Å²) in [5.41, 5.74) is 1.02. The van der Waals surface area contributed by atoms with Crippen LogP contribution in [0.4, 0.5) is 0 Å². The Bertz CT molecular complexity index is 429. The van der Waals surface area contributed by atoms with Gasteiger partial charge in [-0.3, -0.25) is 4.18 Å². The van der Waals surface area contributed by atoms with Crippen molar-refractivity contribution in [1.82, 2.24) is 0 Å². The average molecular weight is 226 g/mol. The first-order valence-electron chi connectivity index (χ1n) is 4.63. The van der Waals surface area contributed by atoms with Gasteiger partial charge in [0, 0.05) is 0 Å². The van der Waals surface area contributed by atoms with Crippen LogP contribution in [0.2, 0.25) is 0 Å². The molecular weight excluding hydrogens is 212 g/mol. The molecule has 0 atom stereocenters. The highest BCUT2D eigenvalue weighted by Gasteiger charge is 2.13. The first kappa shape index (κ1) is 11.9. The van der Waals surface area contributed by atoms with Gasteiger partial charge in [0.15, 0.2) is 0 Å². The van der Waals surface area contributed by atoms with E-state index in [0.717, 1.165) is 5.56 Å². The summed E-state index contributed by atoms with van der Waals surface area (Å²) < 4.78 is 27.9. The predicted molar refractivity (Wildman–Crippen MR) is 59.1 cm³/mol. The quantitative estimate of drug-likeness (QED) is 0.584. The standard InChI is InChI=1S/C11H14O3S/c1-3-4-9-14-15(12,13)11-7-5-10(2)6-8-11/h3-8H,9H2,1-2H3/b4-3-. The lowest BCUT2D eigenvalue weighted by molar-refractivity contribution is 0.357. The minimum atomic E-state index is -3.60. The molecule has 1 aromatic carbocycles. The summed E-state index contributed by atoms with van der Waals surface area (Å²) in [6.45, 7) is 3.78. The molecule has 0 aliphatic heterocycles. The highest BCUT2D eigenvalue weighted by Crippen LogP contribution is 2.12. The molecule has 1 aromatic rings. The Morgan fingerprint density at radius 2 is 1.87 bits per heavy atom. The smallest absolute Gasteiger partial charge is 0.262 e. The van der Waals surface area contributed by atoms with Gasteiger partial charge in [-0.05, 0) is 26.0 Å². The number of aryl methyl sites for hydroxylation is 1. The second-order valence-corrected chi connectivity index (χ2v) is 4.74. The van der Waals surface area contributed by atoms with Gasteiger partial charge in [0.05, 0.1) is 11.5 Å². The molecule has 0 heterocycles. The Hall–Kier alpha value is -1.13. The number of allylic oxidation sites excluding steroid dienone is 1. The molecule has 82 valence electrons. The van der Waals surface area contributed by atoms with Crippen LogP contribution < -0.4 is 0 Å². The lowest BCUT2D eigenvalue weighted by atomic mass is 10.2. The van der Waals surface area contributed by atoms with E-state index >= 15 is 0 Å². The maximum Gasteiger partial charge on any atom is 0.297 e. The van der Waals surface area contributed by atoms with Crippen LogP contribution in [-0.4, -0.2) is 15.0 Å². The molecule has 0 unspecified atom stereocenters. The molecule has 3 nitrogen and oxygen atoms in total. The third-order valence-electron chi connectivity index (χ3n) is 1.86. The Labute approximate surface area is 90.5 Å². The summed E-state index contributed by atoms with van der Waals surface area (Å²) in [6.07, 6.45) is 3.39. The van der Waals surface area contributed by atoms with Crippen molar-refractivity contribution in [2.24, 2.45) is 0 Å². The fraction of sp³-hybridized carbons (Fsp3) is 0.273. The van der Waals surface area contributed by atoms with Crippen molar-refractivity contribution < 1.29 is 12.6 Å². The molecule has 0 N–H and O–H groups in total. The van der Waals surface area contributed by atoms with E-state index in [1.807, 2.05) is 13.8 Å². The molecule has 0 aliphatic carbocycles. The summed E-state index contributed by atoms with van der Waals surface area (Å²) >= 11 is 0. The van der Waals surface area contributed by atoms with E-state index < -0.39 is 10.1 Å². The van der Waals surface area contributed by atoms with Crippen molar-refractivity contribution in [3.8, 4) is 0 Å². The highest BCUT2D eigenvalue weighted by atomic mass is 32.2. The normalized spacial score (nSPS) is 12.1. The minimum absolute atomic E-state index is 0.0761. The topological polar surface area (TPSA) is 43.4 Å². The van der Waals surface area contributed by atoms with E-state index in [1.165, 1.54) is 0 Å². The second kappa shape index (κ2) is 5.09. The zero-order chi connectivity index (χ0) is 11.3. The van der Waals surface area contributed by atoms with Crippen molar-refractivity contribution in [1.29, 1.82) is 0 Å². The number of hydrogen-bond acceptors (Lipinski definition) is 3. The van der Waals surface area contributed by atoms with Crippen LogP contribution in [0.3, 0.4) is 0 Å². The van der Waals surface area contributed by atoms with Crippen molar-refractivity contribution in [2.75, 3.05) is 6.61 Å². The van der Waals surface area contributed by atoms with Crippen molar-refractivity contribution in [2.45, 2.75) is 18.7 Å². The largest absolute Gasteiger partial charge is 0.297 e. The maximum absolute atomic E-state index is 11.6. The molecule has 1 rings (SSSR count). The molecule has 15 heavy (non-hydrogen) atoms. The SMILES string of the molecule is C/C=C\COS(=O)(=O)c1ccc(C)cc1. The summed E-state index contributed by atoms with van der Waals surface area (Å²) in [5.74, 6) is 0. The Morgan fingerprint density at radius 1 is 1.27 bits per heavy atom. The van der Waals surface area contributed by atoms with Crippen molar-refractivity contribution in [3.05, 3.63) is 42.0 Å². The zero-order valence-electron chi connectivity index (χ0n) is 8.80. The van der Waals surface area contributed by atoms with Crippen LogP contribution in [0.25, 0.3) is 0 Å².